The first-order valence-corrected chi connectivity index (χ1v) is 8.46. The predicted molar refractivity (Wildman–Crippen MR) is 96.4 cm³/mol. The van der Waals surface area contributed by atoms with E-state index in [9.17, 15) is 14.4 Å². The Labute approximate surface area is 157 Å². The number of pyridine rings is 1. The molecule has 26 heavy (non-hydrogen) atoms. The topological polar surface area (TPSA) is 101 Å². The molecule has 0 bridgehead atoms. The highest BCUT2D eigenvalue weighted by Gasteiger charge is 2.39. The molecule has 2 heterocycles. The van der Waals surface area contributed by atoms with Crippen molar-refractivity contribution < 1.29 is 19.1 Å². The first-order valence-electron chi connectivity index (χ1n) is 7.67. The Morgan fingerprint density at radius 2 is 2.12 bits per heavy atom. The van der Waals surface area contributed by atoms with Crippen LogP contribution >= 0.6 is 15.9 Å². The SMILES string of the molecule is COc1cccc(N2C(=O)C[C@@H](NNC(=O)c3cncc(Br)c3)C2=O)c1. The molecule has 134 valence electrons. The minimum atomic E-state index is -0.849. The van der Waals surface area contributed by atoms with Crippen LogP contribution in [-0.2, 0) is 9.59 Å². The van der Waals surface area contributed by atoms with Gasteiger partial charge in [-0.25, -0.2) is 10.3 Å². The molecule has 1 saturated heterocycles. The Hall–Kier alpha value is -2.78. The van der Waals surface area contributed by atoms with E-state index in [1.54, 1.807) is 36.5 Å². The Balaban J connectivity index is 1.68. The minimum Gasteiger partial charge on any atom is -0.497 e. The number of benzene rings is 1. The van der Waals surface area contributed by atoms with Crippen molar-refractivity contribution in [2.75, 3.05) is 12.0 Å². The van der Waals surface area contributed by atoms with Crippen molar-refractivity contribution in [3.63, 3.8) is 0 Å². The summed E-state index contributed by atoms with van der Waals surface area (Å²) >= 11 is 3.23. The molecule has 8 nitrogen and oxygen atoms in total. The number of carbonyl (C=O) groups is 3. The van der Waals surface area contributed by atoms with Crippen molar-refractivity contribution in [2.24, 2.45) is 0 Å². The fourth-order valence-corrected chi connectivity index (χ4v) is 2.89. The molecule has 0 radical (unpaired) electrons. The number of halogens is 1. The molecule has 1 aliphatic heterocycles. The van der Waals surface area contributed by atoms with E-state index in [2.05, 4.69) is 31.8 Å². The first-order chi connectivity index (χ1) is 12.5. The largest absolute Gasteiger partial charge is 0.497 e. The van der Waals surface area contributed by atoms with Crippen LogP contribution in [0.25, 0.3) is 0 Å². The fraction of sp³-hybridized carbons (Fsp3) is 0.176. The zero-order valence-electron chi connectivity index (χ0n) is 13.7. The number of nitrogens with one attached hydrogen (secondary N) is 2. The average Bonchev–Trinajstić information content (AvgIpc) is 2.93. The third-order valence-electron chi connectivity index (χ3n) is 3.79. The number of carbonyl (C=O) groups excluding carboxylic acids is 3. The van der Waals surface area contributed by atoms with Gasteiger partial charge in [0.15, 0.2) is 0 Å². The summed E-state index contributed by atoms with van der Waals surface area (Å²) in [5.41, 5.74) is 5.80. The van der Waals surface area contributed by atoms with Crippen molar-refractivity contribution in [1.82, 2.24) is 15.8 Å². The summed E-state index contributed by atoms with van der Waals surface area (Å²) in [6.07, 6.45) is 2.88. The highest BCUT2D eigenvalue weighted by molar-refractivity contribution is 9.10. The van der Waals surface area contributed by atoms with E-state index in [1.165, 1.54) is 13.3 Å². The van der Waals surface area contributed by atoms with E-state index in [0.29, 0.717) is 21.5 Å². The number of rotatable bonds is 5. The smallest absolute Gasteiger partial charge is 0.266 e. The molecule has 9 heteroatoms. The molecule has 2 N–H and O–H groups in total. The van der Waals surface area contributed by atoms with Gasteiger partial charge in [-0.15, -0.1) is 0 Å². The molecule has 1 aromatic carbocycles. The average molecular weight is 419 g/mol. The van der Waals surface area contributed by atoms with Crippen LogP contribution < -0.4 is 20.5 Å². The van der Waals surface area contributed by atoms with E-state index in [0.717, 1.165) is 4.90 Å². The van der Waals surface area contributed by atoms with Gasteiger partial charge in [0.25, 0.3) is 11.8 Å². The van der Waals surface area contributed by atoms with Crippen LogP contribution in [-0.4, -0.2) is 35.9 Å². The monoisotopic (exact) mass is 418 g/mol. The molecule has 3 amide bonds. The molecule has 1 aliphatic rings. The number of anilines is 1. The van der Waals surface area contributed by atoms with Crippen molar-refractivity contribution in [1.29, 1.82) is 0 Å². The number of hydrogen-bond acceptors (Lipinski definition) is 6. The molecule has 1 aromatic heterocycles. The van der Waals surface area contributed by atoms with Crippen molar-refractivity contribution >= 4 is 39.3 Å². The number of methoxy groups -OCH3 is 1. The number of hydrogen-bond donors (Lipinski definition) is 2. The number of amides is 3. The second kappa shape index (κ2) is 7.63. The third kappa shape index (κ3) is 3.73. The first kappa shape index (κ1) is 18.0. The van der Waals surface area contributed by atoms with Crippen LogP contribution in [0, 0.1) is 0 Å². The Morgan fingerprint density at radius 1 is 1.31 bits per heavy atom. The minimum absolute atomic E-state index is 0.0624. The number of ether oxygens (including phenoxy) is 1. The normalized spacial score (nSPS) is 16.7. The molecule has 1 atom stereocenters. The predicted octanol–water partition coefficient (Wildman–Crippen LogP) is 1.42. The molecule has 0 aliphatic carbocycles. The van der Waals surface area contributed by atoms with E-state index in [-0.39, 0.29) is 12.3 Å². The maximum atomic E-state index is 12.5. The quantitative estimate of drug-likeness (QED) is 0.562. The van der Waals surface area contributed by atoms with Crippen LogP contribution in [0.2, 0.25) is 0 Å². The number of imide groups is 1. The van der Waals surface area contributed by atoms with Gasteiger partial charge < -0.3 is 4.74 Å². The molecular formula is C17H15BrN4O4. The zero-order valence-corrected chi connectivity index (χ0v) is 15.3. The fourth-order valence-electron chi connectivity index (χ4n) is 2.53. The molecule has 0 saturated carbocycles. The standard InChI is InChI=1S/C17H15BrN4O4/c1-26-13-4-2-3-12(6-13)22-15(23)7-14(17(22)25)20-21-16(24)10-5-11(18)9-19-8-10/h2-6,8-9,14,20H,7H2,1H3,(H,21,24)/t14-/m1/s1. The number of nitrogens with zero attached hydrogens (tertiary/aromatic N) is 2. The molecule has 0 spiro atoms. The van der Waals surface area contributed by atoms with Gasteiger partial charge in [0.05, 0.1) is 24.8 Å². The molecular weight excluding hydrogens is 404 g/mol. The summed E-state index contributed by atoms with van der Waals surface area (Å²) in [5, 5.41) is 0. The van der Waals surface area contributed by atoms with E-state index in [1.807, 2.05) is 0 Å². The van der Waals surface area contributed by atoms with Gasteiger partial charge in [0.2, 0.25) is 5.91 Å². The lowest BCUT2D eigenvalue weighted by molar-refractivity contribution is -0.121. The lowest BCUT2D eigenvalue weighted by Crippen LogP contribution is -2.48. The summed E-state index contributed by atoms with van der Waals surface area (Å²) in [6, 6.07) is 7.40. The van der Waals surface area contributed by atoms with Gasteiger partial charge in [-0.1, -0.05) is 6.07 Å². The lowest BCUT2D eigenvalue weighted by Gasteiger charge is -2.16. The Kier molecular flexibility index (Phi) is 5.29. The summed E-state index contributed by atoms with van der Waals surface area (Å²) < 4.78 is 5.77. The summed E-state index contributed by atoms with van der Waals surface area (Å²) in [6.45, 7) is 0. The lowest BCUT2D eigenvalue weighted by atomic mass is 10.2. The van der Waals surface area contributed by atoms with Gasteiger partial charge >= 0.3 is 0 Å². The van der Waals surface area contributed by atoms with Crippen LogP contribution in [0.3, 0.4) is 0 Å². The highest BCUT2D eigenvalue weighted by atomic mass is 79.9. The highest BCUT2D eigenvalue weighted by Crippen LogP contribution is 2.26. The van der Waals surface area contributed by atoms with Gasteiger partial charge in [-0.2, -0.15) is 0 Å². The van der Waals surface area contributed by atoms with Gasteiger partial charge in [0, 0.05) is 22.9 Å². The van der Waals surface area contributed by atoms with E-state index >= 15 is 0 Å². The number of hydrazine groups is 1. The Bertz CT molecular complexity index is 873. The van der Waals surface area contributed by atoms with Gasteiger partial charge in [-0.05, 0) is 34.1 Å². The Morgan fingerprint density at radius 3 is 2.85 bits per heavy atom. The molecule has 0 unspecified atom stereocenters. The summed E-state index contributed by atoms with van der Waals surface area (Å²) in [5.74, 6) is -0.733. The van der Waals surface area contributed by atoms with E-state index in [4.69, 9.17) is 4.74 Å². The van der Waals surface area contributed by atoms with Crippen LogP contribution in [0.5, 0.6) is 5.75 Å². The van der Waals surface area contributed by atoms with Gasteiger partial charge in [-0.3, -0.25) is 24.8 Å². The number of aromatic nitrogens is 1. The van der Waals surface area contributed by atoms with Crippen LogP contribution in [0.4, 0.5) is 5.69 Å². The van der Waals surface area contributed by atoms with Crippen molar-refractivity contribution in [3.05, 3.63) is 52.8 Å². The van der Waals surface area contributed by atoms with Crippen molar-refractivity contribution in [3.8, 4) is 5.75 Å². The molecule has 3 rings (SSSR count). The second-order valence-electron chi connectivity index (χ2n) is 5.52. The van der Waals surface area contributed by atoms with E-state index < -0.39 is 17.9 Å². The summed E-state index contributed by atoms with van der Waals surface area (Å²) in [4.78, 5) is 41.9. The third-order valence-corrected chi connectivity index (χ3v) is 4.22. The van der Waals surface area contributed by atoms with Crippen LogP contribution in [0.15, 0.2) is 47.2 Å². The zero-order chi connectivity index (χ0) is 18.7. The van der Waals surface area contributed by atoms with Gasteiger partial charge in [0.1, 0.15) is 11.8 Å². The molecule has 2 aromatic rings. The second-order valence-corrected chi connectivity index (χ2v) is 6.43. The summed E-state index contributed by atoms with van der Waals surface area (Å²) in [7, 11) is 1.50. The molecule has 1 fully saturated rings. The maximum Gasteiger partial charge on any atom is 0.266 e. The maximum absolute atomic E-state index is 12.5. The van der Waals surface area contributed by atoms with Crippen molar-refractivity contribution in [2.45, 2.75) is 12.5 Å². The van der Waals surface area contributed by atoms with Crippen LogP contribution in [0.1, 0.15) is 16.8 Å².